The number of hydrogen-bond donors (Lipinski definition) is 2. The highest BCUT2D eigenvalue weighted by atomic mass is 16.4. The third-order valence-electron chi connectivity index (χ3n) is 5.59. The van der Waals surface area contributed by atoms with Gasteiger partial charge in [0.2, 0.25) is 0 Å². The predicted molar refractivity (Wildman–Crippen MR) is 125 cm³/mol. The van der Waals surface area contributed by atoms with Crippen LogP contribution < -0.4 is 5.32 Å². The number of carboxylic acid groups (broad SMARTS) is 1. The molecular formula is C26H26N2O4. The van der Waals surface area contributed by atoms with Crippen molar-refractivity contribution in [2.75, 3.05) is 12.4 Å². The summed E-state index contributed by atoms with van der Waals surface area (Å²) in [6, 6.07) is 21.8. The van der Waals surface area contributed by atoms with Crippen molar-refractivity contribution in [1.82, 2.24) is 4.90 Å². The highest BCUT2D eigenvalue weighted by Crippen LogP contribution is 2.24. The first-order chi connectivity index (χ1) is 15.1. The Bertz CT molecular complexity index is 1130. The molecule has 0 aliphatic rings. The number of nitrogens with zero attached hydrogens (tertiary/aromatic N) is 1. The molecule has 0 aromatic heterocycles. The zero-order chi connectivity index (χ0) is 23.5. The van der Waals surface area contributed by atoms with Gasteiger partial charge in [0.05, 0.1) is 0 Å². The molecule has 164 valence electrons. The molecule has 0 spiro atoms. The summed E-state index contributed by atoms with van der Waals surface area (Å²) in [4.78, 5) is 37.6. The fourth-order valence-corrected chi connectivity index (χ4v) is 3.05. The van der Waals surface area contributed by atoms with Crippen LogP contribution in [-0.2, 0) is 4.79 Å². The van der Waals surface area contributed by atoms with Crippen molar-refractivity contribution in [1.29, 1.82) is 0 Å². The second kappa shape index (κ2) is 9.06. The quantitative estimate of drug-likeness (QED) is 0.585. The Balaban J connectivity index is 1.70. The second-order valence-corrected chi connectivity index (χ2v) is 8.20. The first-order valence-electron chi connectivity index (χ1n) is 10.2. The molecule has 0 aliphatic carbocycles. The minimum Gasteiger partial charge on any atom is -0.480 e. The van der Waals surface area contributed by atoms with Gasteiger partial charge in [0.15, 0.2) is 0 Å². The van der Waals surface area contributed by atoms with Crippen LogP contribution >= 0.6 is 0 Å². The van der Waals surface area contributed by atoms with E-state index in [9.17, 15) is 19.5 Å². The smallest absolute Gasteiger partial charge is 0.329 e. The maximum Gasteiger partial charge on any atom is 0.329 e. The summed E-state index contributed by atoms with van der Waals surface area (Å²) in [6.07, 6.45) is 0. The van der Waals surface area contributed by atoms with Gasteiger partial charge in [0.1, 0.15) is 5.54 Å². The van der Waals surface area contributed by atoms with E-state index in [2.05, 4.69) is 5.32 Å². The average Bonchev–Trinajstić information content (AvgIpc) is 2.79. The van der Waals surface area contributed by atoms with Crippen LogP contribution in [0.4, 0.5) is 5.69 Å². The normalized spacial score (nSPS) is 11.0. The topological polar surface area (TPSA) is 86.7 Å². The molecule has 0 saturated heterocycles. The molecule has 0 unspecified atom stereocenters. The molecule has 0 radical (unpaired) electrons. The van der Waals surface area contributed by atoms with Crippen molar-refractivity contribution in [3.05, 3.63) is 89.5 Å². The molecule has 0 atom stereocenters. The Morgan fingerprint density at radius 3 is 1.75 bits per heavy atom. The molecule has 3 aromatic rings. The largest absolute Gasteiger partial charge is 0.480 e. The van der Waals surface area contributed by atoms with Gasteiger partial charge < -0.3 is 15.3 Å². The highest BCUT2D eigenvalue weighted by molar-refractivity contribution is 6.04. The third kappa shape index (κ3) is 4.86. The van der Waals surface area contributed by atoms with Crippen LogP contribution in [0, 0.1) is 6.92 Å². The second-order valence-electron chi connectivity index (χ2n) is 8.20. The number of amides is 2. The SMILES string of the molecule is Cc1ccc(C(=O)Nc2ccc(-c3ccc(C(=O)N(C)C(C)(C)C(=O)O)cc3)cc2)cc1. The number of carboxylic acids is 1. The summed E-state index contributed by atoms with van der Waals surface area (Å²) < 4.78 is 0. The Morgan fingerprint density at radius 1 is 0.781 bits per heavy atom. The first-order valence-corrected chi connectivity index (χ1v) is 10.2. The van der Waals surface area contributed by atoms with Crippen LogP contribution in [0.15, 0.2) is 72.8 Å². The third-order valence-corrected chi connectivity index (χ3v) is 5.59. The number of likely N-dealkylation sites (N-methyl/N-ethyl adjacent to an activating group) is 1. The molecule has 0 bridgehead atoms. The summed E-state index contributed by atoms with van der Waals surface area (Å²) in [7, 11) is 1.48. The van der Waals surface area contributed by atoms with Crippen molar-refractivity contribution in [3.8, 4) is 11.1 Å². The Kier molecular flexibility index (Phi) is 6.44. The van der Waals surface area contributed by atoms with Gasteiger partial charge in [-0.3, -0.25) is 9.59 Å². The maximum atomic E-state index is 12.6. The van der Waals surface area contributed by atoms with Crippen molar-refractivity contribution >= 4 is 23.5 Å². The van der Waals surface area contributed by atoms with Gasteiger partial charge in [-0.25, -0.2) is 4.79 Å². The minimum absolute atomic E-state index is 0.172. The van der Waals surface area contributed by atoms with E-state index in [1.54, 1.807) is 24.3 Å². The number of anilines is 1. The van der Waals surface area contributed by atoms with Crippen molar-refractivity contribution in [2.24, 2.45) is 0 Å². The summed E-state index contributed by atoms with van der Waals surface area (Å²) in [5, 5.41) is 12.2. The molecule has 0 heterocycles. The zero-order valence-corrected chi connectivity index (χ0v) is 18.5. The molecule has 2 amide bonds. The molecule has 0 fully saturated rings. The van der Waals surface area contributed by atoms with Crippen molar-refractivity contribution < 1.29 is 19.5 Å². The monoisotopic (exact) mass is 430 g/mol. The van der Waals surface area contributed by atoms with E-state index in [0.717, 1.165) is 16.7 Å². The van der Waals surface area contributed by atoms with Gasteiger partial charge in [0, 0.05) is 23.9 Å². The van der Waals surface area contributed by atoms with Gasteiger partial charge in [-0.15, -0.1) is 0 Å². The Morgan fingerprint density at radius 2 is 1.25 bits per heavy atom. The summed E-state index contributed by atoms with van der Waals surface area (Å²) in [5.41, 5.74) is 3.30. The summed E-state index contributed by atoms with van der Waals surface area (Å²) >= 11 is 0. The standard InChI is InChI=1S/C26H26N2O4/c1-17-5-7-20(8-6-17)23(29)27-22-15-13-19(14-16-22)18-9-11-21(12-10-18)24(30)28(4)26(2,3)25(31)32/h5-16H,1-4H3,(H,27,29)(H,31,32). The predicted octanol–water partition coefficient (Wildman–Crippen LogP) is 4.85. The molecule has 6 heteroatoms. The number of aryl methyl sites for hydroxylation is 1. The van der Waals surface area contributed by atoms with E-state index in [1.807, 2.05) is 55.5 Å². The van der Waals surface area contributed by atoms with Gasteiger partial charge in [-0.05, 0) is 68.3 Å². The number of aliphatic carboxylic acids is 1. The lowest BCUT2D eigenvalue weighted by Crippen LogP contribution is -2.50. The molecule has 2 N–H and O–H groups in total. The minimum atomic E-state index is -1.31. The van der Waals surface area contributed by atoms with Crippen LogP contribution in [0.2, 0.25) is 0 Å². The lowest BCUT2D eigenvalue weighted by Gasteiger charge is -2.31. The lowest BCUT2D eigenvalue weighted by atomic mass is 10.0. The van der Waals surface area contributed by atoms with Gasteiger partial charge in [0.25, 0.3) is 11.8 Å². The number of carbonyl (C=O) groups is 3. The van der Waals surface area contributed by atoms with E-state index in [-0.39, 0.29) is 11.8 Å². The zero-order valence-electron chi connectivity index (χ0n) is 18.5. The number of carbonyl (C=O) groups excluding carboxylic acids is 2. The molecule has 3 aromatic carbocycles. The van der Waals surface area contributed by atoms with Crippen LogP contribution in [0.1, 0.15) is 40.1 Å². The van der Waals surface area contributed by atoms with Crippen molar-refractivity contribution in [3.63, 3.8) is 0 Å². The van der Waals surface area contributed by atoms with Crippen LogP contribution in [0.5, 0.6) is 0 Å². The fourth-order valence-electron chi connectivity index (χ4n) is 3.05. The molecule has 3 rings (SSSR count). The van der Waals surface area contributed by atoms with Gasteiger partial charge >= 0.3 is 5.97 Å². The average molecular weight is 431 g/mol. The number of benzene rings is 3. The van der Waals surface area contributed by atoms with E-state index in [0.29, 0.717) is 16.8 Å². The van der Waals surface area contributed by atoms with Crippen molar-refractivity contribution in [2.45, 2.75) is 26.3 Å². The highest BCUT2D eigenvalue weighted by Gasteiger charge is 2.35. The number of nitrogens with one attached hydrogen (secondary N) is 1. The van der Waals surface area contributed by atoms with Gasteiger partial charge in [-0.2, -0.15) is 0 Å². The molecule has 32 heavy (non-hydrogen) atoms. The molecule has 0 aliphatic heterocycles. The first kappa shape index (κ1) is 22.7. The van der Waals surface area contributed by atoms with E-state index >= 15 is 0 Å². The molecule has 0 saturated carbocycles. The van der Waals surface area contributed by atoms with Crippen LogP contribution in [0.25, 0.3) is 11.1 Å². The molecular weight excluding hydrogens is 404 g/mol. The van der Waals surface area contributed by atoms with E-state index < -0.39 is 11.5 Å². The number of hydrogen-bond acceptors (Lipinski definition) is 3. The maximum absolute atomic E-state index is 12.6. The fraction of sp³-hybridized carbons (Fsp3) is 0.192. The van der Waals surface area contributed by atoms with E-state index in [1.165, 1.54) is 25.8 Å². The van der Waals surface area contributed by atoms with Gasteiger partial charge in [-0.1, -0.05) is 42.0 Å². The summed E-state index contributed by atoms with van der Waals surface area (Å²) in [6.45, 7) is 4.94. The Labute approximate surface area is 187 Å². The molecule has 6 nitrogen and oxygen atoms in total. The Hall–Kier alpha value is -3.93. The number of rotatable bonds is 6. The van der Waals surface area contributed by atoms with Crippen LogP contribution in [-0.4, -0.2) is 40.4 Å². The van der Waals surface area contributed by atoms with E-state index in [4.69, 9.17) is 0 Å². The lowest BCUT2D eigenvalue weighted by molar-refractivity contribution is -0.147. The van der Waals surface area contributed by atoms with Crippen LogP contribution in [0.3, 0.4) is 0 Å². The summed E-state index contributed by atoms with van der Waals surface area (Å²) in [5.74, 6) is -1.60.